The molecule has 0 aromatic heterocycles. The van der Waals surface area contributed by atoms with E-state index in [0.717, 1.165) is 6.42 Å². The van der Waals surface area contributed by atoms with Crippen LogP contribution in [0, 0.1) is 5.92 Å². The fourth-order valence-electron chi connectivity index (χ4n) is 3.22. The summed E-state index contributed by atoms with van der Waals surface area (Å²) in [4.78, 5) is 12.5. The van der Waals surface area contributed by atoms with Crippen LogP contribution in [0.4, 0.5) is 0 Å². The van der Waals surface area contributed by atoms with E-state index in [4.69, 9.17) is 0 Å². The van der Waals surface area contributed by atoms with Crippen LogP contribution in [0.1, 0.15) is 30.9 Å². The van der Waals surface area contributed by atoms with Crippen molar-refractivity contribution in [1.82, 2.24) is 5.32 Å². The zero-order chi connectivity index (χ0) is 17.6. The molecule has 0 aliphatic rings. The number of carbonyl (C=O) groups excluding carboxylic acids is 1. The number of amides is 1. The Morgan fingerprint density at radius 3 is 2.36 bits per heavy atom. The molecular formula is C23H25NO. The predicted octanol–water partition coefficient (Wildman–Crippen LogP) is 4.94. The molecule has 0 bridgehead atoms. The van der Waals surface area contributed by atoms with Gasteiger partial charge < -0.3 is 5.32 Å². The fourth-order valence-corrected chi connectivity index (χ4v) is 3.22. The van der Waals surface area contributed by atoms with Crippen molar-refractivity contribution in [1.29, 1.82) is 0 Å². The minimum atomic E-state index is -0.0474. The van der Waals surface area contributed by atoms with Crippen molar-refractivity contribution >= 4 is 16.7 Å². The van der Waals surface area contributed by atoms with Crippen LogP contribution in [0.2, 0.25) is 0 Å². The first kappa shape index (κ1) is 17.2. The molecule has 0 saturated carbocycles. The maximum absolute atomic E-state index is 12.5. The maximum Gasteiger partial charge on any atom is 0.223 e. The molecule has 0 unspecified atom stereocenters. The van der Waals surface area contributed by atoms with Gasteiger partial charge in [0.15, 0.2) is 0 Å². The van der Waals surface area contributed by atoms with Crippen LogP contribution in [0.25, 0.3) is 10.8 Å². The van der Waals surface area contributed by atoms with E-state index in [-0.39, 0.29) is 11.8 Å². The number of benzene rings is 3. The molecule has 0 aliphatic heterocycles. The Morgan fingerprint density at radius 1 is 0.880 bits per heavy atom. The van der Waals surface area contributed by atoms with Crippen LogP contribution in [-0.2, 0) is 11.2 Å². The summed E-state index contributed by atoms with van der Waals surface area (Å²) in [6, 6.07) is 25.0. The van der Waals surface area contributed by atoms with E-state index in [2.05, 4.69) is 60.8 Å². The normalized spacial score (nSPS) is 13.4. The molecule has 3 aromatic carbocycles. The SMILES string of the molecule is C[C@@H](Cc1cccc2ccccc12)C(=O)NC[C@H](C)c1ccccc1. The number of fused-ring (bicyclic) bond motifs is 1. The van der Waals surface area contributed by atoms with Crippen LogP contribution < -0.4 is 5.32 Å². The molecule has 0 spiro atoms. The first-order valence-electron chi connectivity index (χ1n) is 8.94. The van der Waals surface area contributed by atoms with Crippen molar-refractivity contribution in [2.45, 2.75) is 26.2 Å². The maximum atomic E-state index is 12.5. The van der Waals surface area contributed by atoms with Gasteiger partial charge in [-0.05, 0) is 34.2 Å². The highest BCUT2D eigenvalue weighted by Gasteiger charge is 2.16. The zero-order valence-corrected chi connectivity index (χ0v) is 14.9. The van der Waals surface area contributed by atoms with Gasteiger partial charge in [0.1, 0.15) is 0 Å². The highest BCUT2D eigenvalue weighted by atomic mass is 16.1. The van der Waals surface area contributed by atoms with Crippen LogP contribution in [0.3, 0.4) is 0 Å². The highest BCUT2D eigenvalue weighted by Crippen LogP contribution is 2.21. The smallest absolute Gasteiger partial charge is 0.223 e. The van der Waals surface area contributed by atoms with Crippen molar-refractivity contribution < 1.29 is 4.79 Å². The molecule has 2 atom stereocenters. The van der Waals surface area contributed by atoms with E-state index in [1.165, 1.54) is 21.9 Å². The van der Waals surface area contributed by atoms with Gasteiger partial charge in [-0.2, -0.15) is 0 Å². The quantitative estimate of drug-likeness (QED) is 0.681. The number of carbonyl (C=O) groups is 1. The summed E-state index contributed by atoms with van der Waals surface area (Å²) in [6.45, 7) is 4.82. The van der Waals surface area contributed by atoms with E-state index in [1.54, 1.807) is 0 Å². The lowest BCUT2D eigenvalue weighted by Crippen LogP contribution is -2.33. The lowest BCUT2D eigenvalue weighted by Gasteiger charge is -2.17. The van der Waals surface area contributed by atoms with Gasteiger partial charge in [0.25, 0.3) is 0 Å². The Labute approximate surface area is 149 Å². The highest BCUT2D eigenvalue weighted by molar-refractivity contribution is 5.86. The van der Waals surface area contributed by atoms with Crippen molar-refractivity contribution in [2.24, 2.45) is 5.92 Å². The number of rotatable bonds is 6. The molecule has 128 valence electrons. The average molecular weight is 331 g/mol. The van der Waals surface area contributed by atoms with Crippen LogP contribution in [0.5, 0.6) is 0 Å². The van der Waals surface area contributed by atoms with E-state index >= 15 is 0 Å². The second-order valence-corrected chi connectivity index (χ2v) is 6.80. The second kappa shape index (κ2) is 7.98. The van der Waals surface area contributed by atoms with Gasteiger partial charge >= 0.3 is 0 Å². The van der Waals surface area contributed by atoms with Gasteiger partial charge in [-0.1, -0.05) is 86.6 Å². The molecule has 1 N–H and O–H groups in total. The number of hydrogen-bond acceptors (Lipinski definition) is 1. The minimum Gasteiger partial charge on any atom is -0.355 e. The molecule has 1 amide bonds. The second-order valence-electron chi connectivity index (χ2n) is 6.80. The number of nitrogens with one attached hydrogen (secondary N) is 1. The first-order chi connectivity index (χ1) is 12.1. The summed E-state index contributed by atoms with van der Waals surface area (Å²) in [5.41, 5.74) is 2.49. The molecule has 25 heavy (non-hydrogen) atoms. The Hall–Kier alpha value is -2.61. The van der Waals surface area contributed by atoms with Crippen LogP contribution in [-0.4, -0.2) is 12.5 Å². The first-order valence-corrected chi connectivity index (χ1v) is 8.94. The molecule has 3 aromatic rings. The van der Waals surface area contributed by atoms with Gasteiger partial charge in [-0.3, -0.25) is 4.79 Å². The standard InChI is InChI=1S/C23H25NO/c1-17(15-21-13-8-12-20-11-6-7-14-22(20)21)23(25)24-16-18(2)19-9-4-3-5-10-19/h3-14,17-18H,15-16H2,1-2H3,(H,24,25)/t17-,18-/m0/s1. The summed E-state index contributed by atoms with van der Waals surface area (Å²) in [5.74, 6) is 0.388. The monoisotopic (exact) mass is 331 g/mol. The summed E-state index contributed by atoms with van der Waals surface area (Å²) < 4.78 is 0. The van der Waals surface area contributed by atoms with Crippen LogP contribution >= 0.6 is 0 Å². The van der Waals surface area contributed by atoms with Crippen LogP contribution in [0.15, 0.2) is 72.8 Å². The van der Waals surface area contributed by atoms with E-state index < -0.39 is 0 Å². The van der Waals surface area contributed by atoms with Gasteiger partial charge in [-0.15, -0.1) is 0 Å². The third-order valence-electron chi connectivity index (χ3n) is 4.80. The molecule has 0 saturated heterocycles. The lowest BCUT2D eigenvalue weighted by atomic mass is 9.95. The van der Waals surface area contributed by atoms with Crippen molar-refractivity contribution in [3.63, 3.8) is 0 Å². The Bertz CT molecular complexity index is 836. The Morgan fingerprint density at radius 2 is 1.56 bits per heavy atom. The minimum absolute atomic E-state index is 0.0474. The summed E-state index contributed by atoms with van der Waals surface area (Å²) in [7, 11) is 0. The molecular weight excluding hydrogens is 306 g/mol. The summed E-state index contributed by atoms with van der Waals surface area (Å²) >= 11 is 0. The van der Waals surface area contributed by atoms with E-state index in [0.29, 0.717) is 12.5 Å². The number of hydrogen-bond donors (Lipinski definition) is 1. The van der Waals surface area contributed by atoms with E-state index in [9.17, 15) is 4.79 Å². The van der Waals surface area contributed by atoms with Gasteiger partial charge in [0.05, 0.1) is 0 Å². The van der Waals surface area contributed by atoms with Gasteiger partial charge in [0.2, 0.25) is 5.91 Å². The van der Waals surface area contributed by atoms with E-state index in [1.807, 2.05) is 31.2 Å². The lowest BCUT2D eigenvalue weighted by molar-refractivity contribution is -0.124. The molecule has 2 heteroatoms. The average Bonchev–Trinajstić information content (AvgIpc) is 2.66. The Balaban J connectivity index is 1.61. The third-order valence-corrected chi connectivity index (χ3v) is 4.80. The molecule has 3 rings (SSSR count). The van der Waals surface area contributed by atoms with Gasteiger partial charge in [0, 0.05) is 12.5 Å². The fraction of sp³-hybridized carbons (Fsp3) is 0.261. The molecule has 0 heterocycles. The predicted molar refractivity (Wildman–Crippen MR) is 105 cm³/mol. The van der Waals surface area contributed by atoms with Crippen molar-refractivity contribution in [3.05, 3.63) is 83.9 Å². The van der Waals surface area contributed by atoms with Crippen molar-refractivity contribution in [3.8, 4) is 0 Å². The van der Waals surface area contributed by atoms with Gasteiger partial charge in [-0.25, -0.2) is 0 Å². The summed E-state index contributed by atoms with van der Waals surface area (Å²) in [5, 5.41) is 5.58. The zero-order valence-electron chi connectivity index (χ0n) is 14.9. The molecule has 0 fully saturated rings. The summed E-state index contributed by atoms with van der Waals surface area (Å²) in [6.07, 6.45) is 0.757. The molecule has 2 nitrogen and oxygen atoms in total. The molecule has 0 aliphatic carbocycles. The topological polar surface area (TPSA) is 29.1 Å². The third kappa shape index (κ3) is 4.27. The largest absolute Gasteiger partial charge is 0.355 e. The Kier molecular flexibility index (Phi) is 5.49. The van der Waals surface area contributed by atoms with Crippen molar-refractivity contribution in [2.75, 3.05) is 6.54 Å². The molecule has 0 radical (unpaired) electrons.